The second-order valence-electron chi connectivity index (χ2n) is 7.27. The van der Waals surface area contributed by atoms with Gasteiger partial charge in [-0.2, -0.15) is 4.98 Å². The van der Waals surface area contributed by atoms with E-state index >= 15 is 4.39 Å². The van der Waals surface area contributed by atoms with Crippen molar-refractivity contribution in [2.45, 2.75) is 50.3 Å². The normalized spacial score (nSPS) is 23.9. The van der Waals surface area contributed by atoms with Gasteiger partial charge < -0.3 is 14.2 Å². The molecule has 1 aliphatic heterocycles. The monoisotopic (exact) mass is 377 g/mol. The number of carbonyl (C=O) groups is 1. The molecule has 6 nitrogen and oxygen atoms in total. The van der Waals surface area contributed by atoms with Gasteiger partial charge >= 0.3 is 0 Å². The van der Waals surface area contributed by atoms with Gasteiger partial charge in [0, 0.05) is 18.9 Å². The molecule has 1 aliphatic carbocycles. The molecule has 1 aromatic carbocycles. The molecule has 4 rings (SSSR count). The van der Waals surface area contributed by atoms with Crippen LogP contribution in [0.25, 0.3) is 0 Å². The summed E-state index contributed by atoms with van der Waals surface area (Å²) in [5.41, 5.74) is -1.83. The summed E-state index contributed by atoms with van der Waals surface area (Å²) in [6, 6.07) is 5.40. The summed E-state index contributed by atoms with van der Waals surface area (Å²) in [4.78, 5) is 18.2. The highest BCUT2D eigenvalue weighted by molar-refractivity contribution is 5.81. The van der Waals surface area contributed by atoms with Crippen molar-refractivity contribution in [3.05, 3.63) is 41.8 Å². The van der Waals surface area contributed by atoms with Gasteiger partial charge in [0.05, 0.1) is 6.54 Å². The third kappa shape index (κ3) is 3.52. The Hall–Kier alpha value is -2.51. The number of ether oxygens (including phenoxy) is 1. The molecule has 1 saturated carbocycles. The number of benzene rings is 1. The summed E-state index contributed by atoms with van der Waals surface area (Å²) < 4.78 is 39.0. The Morgan fingerprint density at radius 3 is 2.78 bits per heavy atom. The third-order valence-electron chi connectivity index (χ3n) is 5.30. The molecule has 0 spiro atoms. The first-order valence-electron chi connectivity index (χ1n) is 9.19. The predicted molar refractivity (Wildman–Crippen MR) is 91.4 cm³/mol. The van der Waals surface area contributed by atoms with E-state index in [2.05, 4.69) is 10.1 Å². The summed E-state index contributed by atoms with van der Waals surface area (Å²) in [6.07, 6.45) is 2.42. The van der Waals surface area contributed by atoms with Gasteiger partial charge in [0.1, 0.15) is 11.6 Å². The Morgan fingerprint density at radius 1 is 1.37 bits per heavy atom. The van der Waals surface area contributed by atoms with Crippen LogP contribution in [0.3, 0.4) is 0 Å². The summed E-state index contributed by atoms with van der Waals surface area (Å²) in [6.45, 7) is 1.69. The zero-order valence-electron chi connectivity index (χ0n) is 15.0. The molecule has 2 atom stereocenters. The van der Waals surface area contributed by atoms with E-state index in [1.54, 1.807) is 6.92 Å². The van der Waals surface area contributed by atoms with Gasteiger partial charge in [0.2, 0.25) is 5.67 Å². The van der Waals surface area contributed by atoms with E-state index < -0.39 is 11.8 Å². The number of rotatable bonds is 5. The van der Waals surface area contributed by atoms with E-state index in [-0.39, 0.29) is 43.0 Å². The standard InChI is InChI=1S/C19H21F2N3O3/c1-12(26-15-7-5-14(20)6-8-15)17(25)24-10-9-19(21,11-24)18-22-16(23-27-18)13-3-2-4-13/h5-8,12-13H,2-4,9-11H2,1H3. The van der Waals surface area contributed by atoms with E-state index in [1.807, 2.05) is 0 Å². The number of hydrogen-bond donors (Lipinski definition) is 0. The minimum atomic E-state index is -1.83. The minimum Gasteiger partial charge on any atom is -0.481 e. The number of aromatic nitrogens is 2. The lowest BCUT2D eigenvalue weighted by Gasteiger charge is -2.22. The first kappa shape index (κ1) is 17.9. The zero-order valence-corrected chi connectivity index (χ0v) is 15.0. The fraction of sp³-hybridized carbons (Fsp3) is 0.526. The van der Waals surface area contributed by atoms with Crippen molar-refractivity contribution >= 4 is 5.91 Å². The molecule has 8 heteroatoms. The van der Waals surface area contributed by atoms with Gasteiger partial charge in [-0.05, 0) is 44.0 Å². The Bertz CT molecular complexity index is 822. The molecule has 1 saturated heterocycles. The molecule has 144 valence electrons. The zero-order chi connectivity index (χ0) is 19.0. The van der Waals surface area contributed by atoms with Crippen molar-refractivity contribution in [3.8, 4) is 5.75 Å². The molecule has 2 heterocycles. The van der Waals surface area contributed by atoms with Gasteiger partial charge in [0.25, 0.3) is 11.8 Å². The number of likely N-dealkylation sites (tertiary alicyclic amines) is 1. The van der Waals surface area contributed by atoms with E-state index in [1.165, 1.54) is 29.2 Å². The van der Waals surface area contributed by atoms with E-state index in [9.17, 15) is 9.18 Å². The lowest BCUT2D eigenvalue weighted by molar-refractivity contribution is -0.137. The molecule has 2 fully saturated rings. The van der Waals surface area contributed by atoms with Crippen LogP contribution in [0.2, 0.25) is 0 Å². The highest BCUT2D eigenvalue weighted by Gasteiger charge is 2.47. The molecule has 27 heavy (non-hydrogen) atoms. The smallest absolute Gasteiger partial charge is 0.266 e. The van der Waals surface area contributed by atoms with E-state index in [0.29, 0.717) is 11.6 Å². The van der Waals surface area contributed by atoms with Crippen LogP contribution in [0.1, 0.15) is 50.2 Å². The Labute approximate surface area is 155 Å². The maximum Gasteiger partial charge on any atom is 0.266 e. The first-order chi connectivity index (χ1) is 12.9. The summed E-state index contributed by atoms with van der Waals surface area (Å²) in [7, 11) is 0. The molecule has 2 unspecified atom stereocenters. The van der Waals surface area contributed by atoms with Crippen LogP contribution in [0.15, 0.2) is 28.8 Å². The van der Waals surface area contributed by atoms with Crippen molar-refractivity contribution in [2.24, 2.45) is 0 Å². The van der Waals surface area contributed by atoms with Crippen LogP contribution < -0.4 is 4.74 Å². The Kier molecular flexibility index (Phi) is 4.57. The molecular formula is C19H21F2N3O3. The average molecular weight is 377 g/mol. The van der Waals surface area contributed by atoms with Crippen LogP contribution in [0, 0.1) is 5.82 Å². The number of nitrogens with zero attached hydrogens (tertiary/aromatic N) is 3. The second kappa shape index (κ2) is 6.90. The Balaban J connectivity index is 1.39. The van der Waals surface area contributed by atoms with Crippen LogP contribution in [-0.4, -0.2) is 40.1 Å². The number of carbonyl (C=O) groups excluding carboxylic acids is 1. The fourth-order valence-electron chi connectivity index (χ4n) is 3.41. The van der Waals surface area contributed by atoms with Crippen LogP contribution in [0.4, 0.5) is 8.78 Å². The van der Waals surface area contributed by atoms with Crippen molar-refractivity contribution in [1.82, 2.24) is 15.0 Å². The molecular weight excluding hydrogens is 356 g/mol. The van der Waals surface area contributed by atoms with Gasteiger partial charge in [-0.15, -0.1) is 0 Å². The predicted octanol–water partition coefficient (Wildman–Crippen LogP) is 3.34. The molecule has 0 N–H and O–H groups in total. The van der Waals surface area contributed by atoms with Gasteiger partial charge in [0.15, 0.2) is 11.9 Å². The van der Waals surface area contributed by atoms with Gasteiger partial charge in [-0.1, -0.05) is 11.6 Å². The van der Waals surface area contributed by atoms with E-state index in [0.717, 1.165) is 19.3 Å². The van der Waals surface area contributed by atoms with Crippen LogP contribution in [0.5, 0.6) is 5.75 Å². The number of amides is 1. The fourth-order valence-corrected chi connectivity index (χ4v) is 3.41. The van der Waals surface area contributed by atoms with Crippen molar-refractivity contribution in [3.63, 3.8) is 0 Å². The van der Waals surface area contributed by atoms with Gasteiger partial charge in [-0.25, -0.2) is 8.78 Å². The largest absolute Gasteiger partial charge is 0.481 e. The molecule has 1 aromatic heterocycles. The molecule has 1 amide bonds. The quantitative estimate of drug-likeness (QED) is 0.799. The highest BCUT2D eigenvalue weighted by Crippen LogP contribution is 2.39. The Morgan fingerprint density at radius 2 is 2.11 bits per heavy atom. The number of hydrogen-bond acceptors (Lipinski definition) is 5. The molecule has 2 aliphatic rings. The SMILES string of the molecule is CC(Oc1ccc(F)cc1)C(=O)N1CCC(F)(c2nc(C3CCC3)no2)C1. The maximum atomic E-state index is 15.3. The molecule has 0 bridgehead atoms. The van der Waals surface area contributed by atoms with Crippen LogP contribution in [-0.2, 0) is 10.5 Å². The summed E-state index contributed by atoms with van der Waals surface area (Å²) in [5, 5.41) is 3.91. The number of alkyl halides is 1. The van der Waals surface area contributed by atoms with Crippen molar-refractivity contribution in [1.29, 1.82) is 0 Å². The third-order valence-corrected chi connectivity index (χ3v) is 5.30. The number of halogens is 2. The summed E-state index contributed by atoms with van der Waals surface area (Å²) in [5.74, 6) is 0.429. The second-order valence-corrected chi connectivity index (χ2v) is 7.27. The minimum absolute atomic E-state index is 0.0493. The maximum absolute atomic E-state index is 15.3. The lowest BCUT2D eigenvalue weighted by Crippen LogP contribution is -2.40. The lowest BCUT2D eigenvalue weighted by atomic mass is 9.85. The molecule has 2 aromatic rings. The van der Waals surface area contributed by atoms with Crippen LogP contribution >= 0.6 is 0 Å². The van der Waals surface area contributed by atoms with E-state index in [4.69, 9.17) is 9.26 Å². The topological polar surface area (TPSA) is 68.5 Å². The van der Waals surface area contributed by atoms with Crippen molar-refractivity contribution in [2.75, 3.05) is 13.1 Å². The molecule has 0 radical (unpaired) electrons. The van der Waals surface area contributed by atoms with Gasteiger partial charge in [-0.3, -0.25) is 4.79 Å². The average Bonchev–Trinajstić information content (AvgIpc) is 3.23. The highest BCUT2D eigenvalue weighted by atomic mass is 19.1. The van der Waals surface area contributed by atoms with Crippen molar-refractivity contribution < 1.29 is 22.8 Å². The summed E-state index contributed by atoms with van der Waals surface area (Å²) >= 11 is 0. The first-order valence-corrected chi connectivity index (χ1v) is 9.19.